The zero-order chi connectivity index (χ0) is 22.2. The molecular weight excluding hydrogens is 388 g/mol. The lowest BCUT2D eigenvalue weighted by molar-refractivity contribution is -0.128. The lowest BCUT2D eigenvalue weighted by Gasteiger charge is -2.12. The SMILES string of the molecule is COc1cc(/C=C/C(=O)Oc2cccc(C(C)C)c2)ccc1OCc1ccccc1C. The first kappa shape index (κ1) is 22.2. The number of benzene rings is 3. The Bertz CT molecular complexity index is 1070. The van der Waals surface area contributed by atoms with Gasteiger partial charge in [0.25, 0.3) is 0 Å². The lowest BCUT2D eigenvalue weighted by atomic mass is 10.0. The fourth-order valence-corrected chi connectivity index (χ4v) is 3.09. The molecule has 0 aliphatic heterocycles. The molecule has 0 fully saturated rings. The molecule has 0 spiro atoms. The number of methoxy groups -OCH3 is 1. The van der Waals surface area contributed by atoms with Crippen molar-refractivity contribution in [2.24, 2.45) is 0 Å². The molecule has 4 heteroatoms. The van der Waals surface area contributed by atoms with Crippen molar-refractivity contribution >= 4 is 12.0 Å². The van der Waals surface area contributed by atoms with Crippen LogP contribution in [0.15, 0.2) is 72.8 Å². The predicted octanol–water partition coefficient (Wildman–Crippen LogP) is 6.32. The van der Waals surface area contributed by atoms with Crippen molar-refractivity contribution in [3.05, 3.63) is 95.1 Å². The average Bonchev–Trinajstić information content (AvgIpc) is 2.77. The second-order valence-corrected chi connectivity index (χ2v) is 7.61. The summed E-state index contributed by atoms with van der Waals surface area (Å²) in [6.45, 7) is 6.72. The number of ether oxygens (including phenoxy) is 3. The Morgan fingerprint density at radius 3 is 2.52 bits per heavy atom. The van der Waals surface area contributed by atoms with E-state index < -0.39 is 5.97 Å². The summed E-state index contributed by atoms with van der Waals surface area (Å²) in [7, 11) is 1.60. The maximum Gasteiger partial charge on any atom is 0.336 e. The van der Waals surface area contributed by atoms with Gasteiger partial charge in [-0.15, -0.1) is 0 Å². The molecule has 160 valence electrons. The quantitative estimate of drug-likeness (QED) is 0.245. The Balaban J connectivity index is 1.65. The second-order valence-electron chi connectivity index (χ2n) is 7.61. The molecular formula is C27H28O4. The first-order valence-electron chi connectivity index (χ1n) is 10.3. The van der Waals surface area contributed by atoms with Crippen molar-refractivity contribution in [2.75, 3.05) is 7.11 Å². The molecule has 0 aliphatic carbocycles. The van der Waals surface area contributed by atoms with Crippen LogP contribution in [0.3, 0.4) is 0 Å². The van der Waals surface area contributed by atoms with Crippen molar-refractivity contribution in [2.45, 2.75) is 33.3 Å². The number of esters is 1. The highest BCUT2D eigenvalue weighted by molar-refractivity contribution is 5.88. The molecule has 0 aliphatic rings. The van der Waals surface area contributed by atoms with Gasteiger partial charge in [-0.1, -0.05) is 56.3 Å². The molecule has 3 aromatic carbocycles. The van der Waals surface area contributed by atoms with Crippen LogP contribution in [0.5, 0.6) is 17.2 Å². The Hall–Kier alpha value is -3.53. The topological polar surface area (TPSA) is 44.8 Å². The number of carbonyl (C=O) groups excluding carboxylic acids is 1. The summed E-state index contributed by atoms with van der Waals surface area (Å²) in [5, 5.41) is 0. The van der Waals surface area contributed by atoms with E-state index in [1.165, 1.54) is 11.6 Å². The third kappa shape index (κ3) is 6.22. The summed E-state index contributed by atoms with van der Waals surface area (Å²) in [6.07, 6.45) is 3.10. The van der Waals surface area contributed by atoms with Crippen LogP contribution < -0.4 is 14.2 Å². The number of hydrogen-bond acceptors (Lipinski definition) is 4. The minimum atomic E-state index is -0.431. The van der Waals surface area contributed by atoms with E-state index >= 15 is 0 Å². The van der Waals surface area contributed by atoms with E-state index in [1.807, 2.05) is 54.6 Å². The normalized spacial score (nSPS) is 11.0. The first-order chi connectivity index (χ1) is 15.0. The van der Waals surface area contributed by atoms with Crippen LogP contribution in [0.2, 0.25) is 0 Å². The number of carbonyl (C=O) groups is 1. The van der Waals surface area contributed by atoms with Crippen molar-refractivity contribution in [1.29, 1.82) is 0 Å². The molecule has 0 N–H and O–H groups in total. The molecule has 0 unspecified atom stereocenters. The van der Waals surface area contributed by atoms with E-state index in [0.717, 1.165) is 16.7 Å². The van der Waals surface area contributed by atoms with E-state index in [2.05, 4.69) is 26.8 Å². The van der Waals surface area contributed by atoms with Crippen LogP contribution in [0.4, 0.5) is 0 Å². The molecule has 0 heterocycles. The molecule has 0 saturated heterocycles. The summed E-state index contributed by atoms with van der Waals surface area (Å²) < 4.78 is 16.8. The Kier molecular flexibility index (Phi) is 7.50. The van der Waals surface area contributed by atoms with Gasteiger partial charge in [0.2, 0.25) is 0 Å². The molecule has 3 rings (SSSR count). The highest BCUT2D eigenvalue weighted by Gasteiger charge is 2.08. The van der Waals surface area contributed by atoms with Crippen molar-refractivity contribution < 1.29 is 19.0 Å². The van der Waals surface area contributed by atoms with E-state index in [0.29, 0.717) is 29.8 Å². The largest absolute Gasteiger partial charge is 0.493 e. The molecule has 0 amide bonds. The third-order valence-electron chi connectivity index (χ3n) is 4.99. The third-order valence-corrected chi connectivity index (χ3v) is 4.99. The van der Waals surface area contributed by atoms with Gasteiger partial charge in [0.1, 0.15) is 12.4 Å². The zero-order valence-corrected chi connectivity index (χ0v) is 18.4. The highest BCUT2D eigenvalue weighted by atomic mass is 16.5. The van der Waals surface area contributed by atoms with Crippen LogP contribution >= 0.6 is 0 Å². The minimum Gasteiger partial charge on any atom is -0.493 e. The van der Waals surface area contributed by atoms with Crippen LogP contribution in [-0.4, -0.2) is 13.1 Å². The molecule has 4 nitrogen and oxygen atoms in total. The first-order valence-corrected chi connectivity index (χ1v) is 10.3. The standard InChI is InChI=1S/C27H28O4/c1-19(2)22-10-7-11-24(17-22)31-27(28)15-13-21-12-14-25(26(16-21)29-4)30-18-23-9-6-5-8-20(23)3/h5-17,19H,18H2,1-4H3/b15-13+. The van der Waals surface area contributed by atoms with Gasteiger partial charge in [-0.2, -0.15) is 0 Å². The van der Waals surface area contributed by atoms with E-state index in [1.54, 1.807) is 19.3 Å². The molecule has 0 atom stereocenters. The summed E-state index contributed by atoms with van der Waals surface area (Å²) >= 11 is 0. The summed E-state index contributed by atoms with van der Waals surface area (Å²) in [5.41, 5.74) is 4.24. The van der Waals surface area contributed by atoms with Crippen molar-refractivity contribution in [3.8, 4) is 17.2 Å². The Labute approximate surface area is 184 Å². The highest BCUT2D eigenvalue weighted by Crippen LogP contribution is 2.29. The van der Waals surface area contributed by atoms with Gasteiger partial charge in [-0.3, -0.25) is 0 Å². The van der Waals surface area contributed by atoms with Gasteiger partial charge in [0, 0.05) is 6.08 Å². The zero-order valence-electron chi connectivity index (χ0n) is 18.4. The Morgan fingerprint density at radius 1 is 0.968 bits per heavy atom. The minimum absolute atomic E-state index is 0.369. The Morgan fingerprint density at radius 2 is 1.77 bits per heavy atom. The molecule has 0 saturated carbocycles. The molecule has 3 aromatic rings. The summed E-state index contributed by atoms with van der Waals surface area (Å²) in [5.74, 6) is 1.73. The number of hydrogen-bond donors (Lipinski definition) is 0. The van der Waals surface area contributed by atoms with Gasteiger partial charge in [-0.05, 0) is 65.4 Å². The summed E-state index contributed by atoms with van der Waals surface area (Å²) in [4.78, 5) is 12.2. The number of rotatable bonds is 8. The monoisotopic (exact) mass is 416 g/mol. The van der Waals surface area contributed by atoms with E-state index in [-0.39, 0.29) is 0 Å². The predicted molar refractivity (Wildman–Crippen MR) is 124 cm³/mol. The molecule has 31 heavy (non-hydrogen) atoms. The van der Waals surface area contributed by atoms with Crippen LogP contribution in [0.25, 0.3) is 6.08 Å². The smallest absolute Gasteiger partial charge is 0.336 e. The molecule has 0 aromatic heterocycles. The summed E-state index contributed by atoms with van der Waals surface area (Å²) in [6, 6.07) is 21.2. The maximum atomic E-state index is 12.2. The van der Waals surface area contributed by atoms with Crippen LogP contribution in [0, 0.1) is 6.92 Å². The van der Waals surface area contributed by atoms with Crippen molar-refractivity contribution in [3.63, 3.8) is 0 Å². The second kappa shape index (κ2) is 10.5. The van der Waals surface area contributed by atoms with Crippen LogP contribution in [-0.2, 0) is 11.4 Å². The maximum absolute atomic E-state index is 12.2. The lowest BCUT2D eigenvalue weighted by Crippen LogP contribution is -2.04. The van der Waals surface area contributed by atoms with Gasteiger partial charge >= 0.3 is 5.97 Å². The van der Waals surface area contributed by atoms with Gasteiger partial charge in [-0.25, -0.2) is 4.79 Å². The van der Waals surface area contributed by atoms with Crippen LogP contribution in [0.1, 0.15) is 42.0 Å². The van der Waals surface area contributed by atoms with Gasteiger partial charge in [0.05, 0.1) is 7.11 Å². The van der Waals surface area contributed by atoms with Crippen molar-refractivity contribution in [1.82, 2.24) is 0 Å². The van der Waals surface area contributed by atoms with Gasteiger partial charge in [0.15, 0.2) is 11.5 Å². The molecule has 0 bridgehead atoms. The van der Waals surface area contributed by atoms with Gasteiger partial charge < -0.3 is 14.2 Å². The van der Waals surface area contributed by atoms with E-state index in [4.69, 9.17) is 14.2 Å². The van der Waals surface area contributed by atoms with E-state index in [9.17, 15) is 4.79 Å². The number of aryl methyl sites for hydroxylation is 1. The fraction of sp³-hybridized carbons (Fsp3) is 0.222. The average molecular weight is 417 g/mol. The fourth-order valence-electron chi connectivity index (χ4n) is 3.09. The molecule has 0 radical (unpaired) electrons.